The molecule has 7 heteroatoms. The number of aryl methyl sites for hydroxylation is 1. The molecule has 0 bridgehead atoms. The summed E-state index contributed by atoms with van der Waals surface area (Å²) in [5.41, 5.74) is 4.56. The van der Waals surface area contributed by atoms with E-state index in [1.165, 1.54) is 24.1 Å². The van der Waals surface area contributed by atoms with E-state index in [2.05, 4.69) is 63.4 Å². The van der Waals surface area contributed by atoms with Gasteiger partial charge in [-0.2, -0.15) is 4.98 Å². The third-order valence-corrected chi connectivity index (χ3v) is 7.24. The van der Waals surface area contributed by atoms with E-state index in [0.717, 1.165) is 43.6 Å². The molecule has 2 fully saturated rings. The number of carbonyl (C=O) groups is 1. The molecule has 184 valence electrons. The maximum absolute atomic E-state index is 13.1. The molecule has 5 rings (SSSR count). The average Bonchev–Trinajstić information content (AvgIpc) is 3.58. The number of benzene rings is 2. The normalized spacial score (nSPS) is 19.6. The van der Waals surface area contributed by atoms with Crippen molar-refractivity contribution in [1.82, 2.24) is 20.4 Å². The SMILES string of the molecule is Cc1ccc(-c2noc(CN3CCCC(C(=O)NC(C)c4ccc(N5CCCC5)cc4)C3)n2)cc1. The Labute approximate surface area is 207 Å². The topological polar surface area (TPSA) is 74.5 Å². The van der Waals surface area contributed by atoms with Gasteiger partial charge in [0.15, 0.2) is 0 Å². The van der Waals surface area contributed by atoms with Gasteiger partial charge in [-0.15, -0.1) is 0 Å². The van der Waals surface area contributed by atoms with Crippen LogP contribution in [-0.2, 0) is 11.3 Å². The van der Waals surface area contributed by atoms with E-state index < -0.39 is 0 Å². The minimum absolute atomic E-state index is 0.0153. The molecule has 2 saturated heterocycles. The van der Waals surface area contributed by atoms with Crippen molar-refractivity contribution < 1.29 is 9.32 Å². The summed E-state index contributed by atoms with van der Waals surface area (Å²) in [5, 5.41) is 7.38. The number of nitrogens with zero attached hydrogens (tertiary/aromatic N) is 4. The second kappa shape index (κ2) is 10.6. The van der Waals surface area contributed by atoms with Crippen LogP contribution >= 0.6 is 0 Å². The molecule has 0 saturated carbocycles. The molecule has 2 aliphatic heterocycles. The molecule has 0 aliphatic carbocycles. The zero-order valence-corrected chi connectivity index (χ0v) is 20.7. The van der Waals surface area contributed by atoms with Crippen LogP contribution in [0, 0.1) is 12.8 Å². The lowest BCUT2D eigenvalue weighted by Crippen LogP contribution is -2.43. The summed E-state index contributed by atoms with van der Waals surface area (Å²) in [5.74, 6) is 1.29. The van der Waals surface area contributed by atoms with Crippen LogP contribution in [0.5, 0.6) is 0 Å². The molecule has 1 amide bonds. The third kappa shape index (κ3) is 5.73. The number of likely N-dealkylation sites (tertiary alicyclic amines) is 1. The van der Waals surface area contributed by atoms with Gasteiger partial charge in [0.05, 0.1) is 18.5 Å². The van der Waals surface area contributed by atoms with Crippen LogP contribution in [0.2, 0.25) is 0 Å². The van der Waals surface area contributed by atoms with E-state index >= 15 is 0 Å². The Hall–Kier alpha value is -3.19. The van der Waals surface area contributed by atoms with E-state index in [4.69, 9.17) is 4.52 Å². The predicted molar refractivity (Wildman–Crippen MR) is 137 cm³/mol. The Bertz CT molecular complexity index is 1120. The van der Waals surface area contributed by atoms with Gasteiger partial charge >= 0.3 is 0 Å². The van der Waals surface area contributed by atoms with Gasteiger partial charge in [-0.05, 0) is 63.8 Å². The molecule has 2 aromatic carbocycles. The molecule has 3 heterocycles. The smallest absolute Gasteiger partial charge is 0.241 e. The molecule has 2 aliphatic rings. The largest absolute Gasteiger partial charge is 0.372 e. The second-order valence-corrected chi connectivity index (χ2v) is 9.97. The molecule has 0 spiro atoms. The van der Waals surface area contributed by atoms with Crippen LogP contribution in [0.1, 0.15) is 55.7 Å². The van der Waals surface area contributed by atoms with Gasteiger partial charge in [0.1, 0.15) is 0 Å². The van der Waals surface area contributed by atoms with Gasteiger partial charge in [0.25, 0.3) is 0 Å². The minimum Gasteiger partial charge on any atom is -0.372 e. The average molecular weight is 474 g/mol. The van der Waals surface area contributed by atoms with Crippen molar-refractivity contribution in [2.75, 3.05) is 31.1 Å². The van der Waals surface area contributed by atoms with Gasteiger partial charge in [-0.3, -0.25) is 9.69 Å². The number of anilines is 1. The maximum atomic E-state index is 13.1. The van der Waals surface area contributed by atoms with Gasteiger partial charge in [0, 0.05) is 30.9 Å². The predicted octanol–water partition coefficient (Wildman–Crippen LogP) is 4.73. The van der Waals surface area contributed by atoms with Crippen molar-refractivity contribution in [1.29, 1.82) is 0 Å². The number of hydrogen-bond donors (Lipinski definition) is 1. The fourth-order valence-electron chi connectivity index (χ4n) is 5.11. The first kappa shape index (κ1) is 23.5. The quantitative estimate of drug-likeness (QED) is 0.535. The number of aromatic nitrogens is 2. The number of amides is 1. The number of hydrogen-bond acceptors (Lipinski definition) is 6. The van der Waals surface area contributed by atoms with Crippen molar-refractivity contribution in [3.8, 4) is 11.4 Å². The van der Waals surface area contributed by atoms with Crippen molar-refractivity contribution >= 4 is 11.6 Å². The zero-order valence-electron chi connectivity index (χ0n) is 20.7. The van der Waals surface area contributed by atoms with Crippen LogP contribution in [0.15, 0.2) is 53.1 Å². The summed E-state index contributed by atoms with van der Waals surface area (Å²) >= 11 is 0. The van der Waals surface area contributed by atoms with Crippen molar-refractivity contribution in [2.24, 2.45) is 5.92 Å². The van der Waals surface area contributed by atoms with Crippen LogP contribution in [-0.4, -0.2) is 47.1 Å². The van der Waals surface area contributed by atoms with E-state index in [1.807, 2.05) is 24.3 Å². The van der Waals surface area contributed by atoms with Crippen LogP contribution < -0.4 is 10.2 Å². The molecule has 35 heavy (non-hydrogen) atoms. The molecular formula is C28H35N5O2. The van der Waals surface area contributed by atoms with Crippen molar-refractivity contribution in [3.63, 3.8) is 0 Å². The third-order valence-electron chi connectivity index (χ3n) is 7.24. The fourth-order valence-corrected chi connectivity index (χ4v) is 5.11. The molecular weight excluding hydrogens is 438 g/mol. The number of nitrogens with one attached hydrogen (secondary N) is 1. The second-order valence-electron chi connectivity index (χ2n) is 9.97. The van der Waals surface area contributed by atoms with Crippen molar-refractivity contribution in [3.05, 3.63) is 65.5 Å². The Balaban J connectivity index is 1.14. The number of piperidine rings is 1. The highest BCUT2D eigenvalue weighted by Crippen LogP contribution is 2.24. The zero-order chi connectivity index (χ0) is 24.2. The molecule has 1 aromatic heterocycles. The van der Waals surface area contributed by atoms with Gasteiger partial charge in [-0.1, -0.05) is 47.1 Å². The van der Waals surface area contributed by atoms with E-state index in [1.54, 1.807) is 0 Å². The summed E-state index contributed by atoms with van der Waals surface area (Å²) in [4.78, 5) is 22.3. The Kier molecular flexibility index (Phi) is 7.13. The van der Waals surface area contributed by atoms with Crippen LogP contribution in [0.4, 0.5) is 5.69 Å². The highest BCUT2D eigenvalue weighted by Gasteiger charge is 2.28. The number of carbonyl (C=O) groups excluding carboxylic acids is 1. The van der Waals surface area contributed by atoms with Crippen LogP contribution in [0.25, 0.3) is 11.4 Å². The maximum Gasteiger partial charge on any atom is 0.241 e. The van der Waals surface area contributed by atoms with E-state index in [0.29, 0.717) is 24.8 Å². The van der Waals surface area contributed by atoms with Gasteiger partial charge < -0.3 is 14.7 Å². The summed E-state index contributed by atoms with van der Waals surface area (Å²) in [6.45, 7) is 8.60. The van der Waals surface area contributed by atoms with E-state index in [-0.39, 0.29) is 17.9 Å². The lowest BCUT2D eigenvalue weighted by molar-refractivity contribution is -0.127. The molecule has 2 atom stereocenters. The standard InChI is InChI=1S/C28H35N5O2/c1-20-7-9-23(10-8-20)27-30-26(35-31-27)19-32-15-5-6-24(18-32)28(34)29-21(2)22-11-13-25(14-12-22)33-16-3-4-17-33/h7-14,21,24H,3-6,15-19H2,1-2H3,(H,29,34). The summed E-state index contributed by atoms with van der Waals surface area (Å²) in [6, 6.07) is 16.7. The van der Waals surface area contributed by atoms with Gasteiger partial charge in [-0.25, -0.2) is 0 Å². The minimum atomic E-state index is -0.0328. The molecule has 3 aromatic rings. The lowest BCUT2D eigenvalue weighted by Gasteiger charge is -2.31. The summed E-state index contributed by atoms with van der Waals surface area (Å²) < 4.78 is 5.51. The first-order valence-corrected chi connectivity index (χ1v) is 12.8. The van der Waals surface area contributed by atoms with Crippen molar-refractivity contribution in [2.45, 2.75) is 52.1 Å². The monoisotopic (exact) mass is 473 g/mol. The Morgan fingerprint density at radius 2 is 1.80 bits per heavy atom. The molecule has 0 radical (unpaired) electrons. The Morgan fingerprint density at radius 3 is 2.54 bits per heavy atom. The highest BCUT2D eigenvalue weighted by atomic mass is 16.5. The molecule has 1 N–H and O–H groups in total. The fraction of sp³-hybridized carbons (Fsp3) is 0.464. The first-order valence-electron chi connectivity index (χ1n) is 12.8. The highest BCUT2D eigenvalue weighted by molar-refractivity contribution is 5.79. The van der Waals surface area contributed by atoms with E-state index in [9.17, 15) is 4.79 Å². The lowest BCUT2D eigenvalue weighted by atomic mass is 9.96. The molecule has 7 nitrogen and oxygen atoms in total. The molecule has 2 unspecified atom stereocenters. The first-order chi connectivity index (χ1) is 17.0. The Morgan fingerprint density at radius 1 is 1.06 bits per heavy atom. The number of rotatable bonds is 7. The van der Waals surface area contributed by atoms with Crippen LogP contribution in [0.3, 0.4) is 0 Å². The van der Waals surface area contributed by atoms with Gasteiger partial charge in [0.2, 0.25) is 17.6 Å². The summed E-state index contributed by atoms with van der Waals surface area (Å²) in [7, 11) is 0. The summed E-state index contributed by atoms with van der Waals surface area (Å²) in [6.07, 6.45) is 4.43.